The smallest absolute Gasteiger partial charge is 0.325 e. The Kier molecular flexibility index (Phi) is 5.65. The monoisotopic (exact) mass is 423 g/mol. The molecule has 2 aromatic carbocycles. The number of benzene rings is 2. The quantitative estimate of drug-likeness (QED) is 0.613. The van der Waals surface area contributed by atoms with Gasteiger partial charge >= 0.3 is 6.03 Å². The van der Waals surface area contributed by atoms with Gasteiger partial charge in [-0.25, -0.2) is 9.48 Å². The second-order valence-electron chi connectivity index (χ2n) is 6.74. The molecule has 1 N–H and O–H groups in total. The van der Waals surface area contributed by atoms with Crippen molar-refractivity contribution in [3.05, 3.63) is 48.8 Å². The molecule has 1 saturated heterocycles. The molecule has 2 heterocycles. The van der Waals surface area contributed by atoms with Crippen LogP contribution in [0.25, 0.3) is 5.69 Å². The van der Waals surface area contributed by atoms with Crippen LogP contribution in [-0.4, -0.2) is 70.9 Å². The summed E-state index contributed by atoms with van der Waals surface area (Å²) in [6, 6.07) is 12.0. The standard InChI is InChI=1S/C20H21N7O4/c1-30-16-7-8-18(31-2)17(11-16)26-10-9-25(20(26)29)12-19(28)22-14-3-5-15(6-4-14)27-13-21-23-24-27/h3-8,11,13H,9-10,12H2,1-2H3,(H,22,28). The fraction of sp³-hybridized carbons (Fsp3) is 0.250. The van der Waals surface area contributed by atoms with Gasteiger partial charge in [0.2, 0.25) is 5.91 Å². The zero-order valence-corrected chi connectivity index (χ0v) is 17.1. The topological polar surface area (TPSA) is 115 Å². The molecular weight excluding hydrogens is 402 g/mol. The first-order valence-corrected chi connectivity index (χ1v) is 9.51. The molecule has 0 atom stereocenters. The van der Waals surface area contributed by atoms with E-state index in [4.69, 9.17) is 9.47 Å². The second kappa shape index (κ2) is 8.69. The largest absolute Gasteiger partial charge is 0.497 e. The molecule has 1 aromatic heterocycles. The molecule has 0 aliphatic carbocycles. The van der Waals surface area contributed by atoms with Crippen LogP contribution >= 0.6 is 0 Å². The molecule has 0 unspecified atom stereocenters. The lowest BCUT2D eigenvalue weighted by molar-refractivity contribution is -0.116. The van der Waals surface area contributed by atoms with Gasteiger partial charge in [0.25, 0.3) is 0 Å². The molecule has 160 valence electrons. The van der Waals surface area contributed by atoms with Crippen molar-refractivity contribution in [2.45, 2.75) is 0 Å². The van der Waals surface area contributed by atoms with Crippen molar-refractivity contribution >= 4 is 23.3 Å². The molecule has 11 nitrogen and oxygen atoms in total. The number of nitrogens with zero attached hydrogens (tertiary/aromatic N) is 6. The van der Waals surface area contributed by atoms with Crippen LogP contribution in [0.4, 0.5) is 16.2 Å². The third-order valence-corrected chi connectivity index (χ3v) is 4.87. The van der Waals surface area contributed by atoms with Crippen molar-refractivity contribution < 1.29 is 19.1 Å². The third-order valence-electron chi connectivity index (χ3n) is 4.87. The van der Waals surface area contributed by atoms with Gasteiger partial charge in [-0.3, -0.25) is 9.69 Å². The van der Waals surface area contributed by atoms with Gasteiger partial charge in [0, 0.05) is 24.8 Å². The summed E-state index contributed by atoms with van der Waals surface area (Å²) in [5, 5.41) is 13.8. The van der Waals surface area contributed by atoms with Crippen molar-refractivity contribution in [3.8, 4) is 17.2 Å². The Hall–Kier alpha value is -4.15. The van der Waals surface area contributed by atoms with Gasteiger partial charge in [-0.1, -0.05) is 0 Å². The van der Waals surface area contributed by atoms with E-state index < -0.39 is 0 Å². The maximum Gasteiger partial charge on any atom is 0.325 e. The summed E-state index contributed by atoms with van der Waals surface area (Å²) in [6.07, 6.45) is 1.48. The number of urea groups is 1. The average Bonchev–Trinajstić information content (AvgIpc) is 3.45. The number of hydrogen-bond acceptors (Lipinski definition) is 7. The molecule has 3 amide bonds. The van der Waals surface area contributed by atoms with Gasteiger partial charge in [0.15, 0.2) is 0 Å². The average molecular weight is 423 g/mol. The maximum absolute atomic E-state index is 12.9. The summed E-state index contributed by atoms with van der Waals surface area (Å²) in [5.74, 6) is 0.885. The van der Waals surface area contributed by atoms with E-state index in [9.17, 15) is 9.59 Å². The van der Waals surface area contributed by atoms with E-state index >= 15 is 0 Å². The molecule has 4 rings (SSSR count). The molecule has 1 fully saturated rings. The number of nitrogens with one attached hydrogen (secondary N) is 1. The number of tetrazole rings is 1. The first kappa shape index (κ1) is 20.1. The SMILES string of the molecule is COc1ccc(OC)c(N2CCN(CC(=O)Nc3ccc(-n4cnnn4)cc3)C2=O)c1. The summed E-state index contributed by atoms with van der Waals surface area (Å²) in [6.45, 7) is 0.803. The number of carbonyl (C=O) groups excluding carboxylic acids is 2. The molecule has 31 heavy (non-hydrogen) atoms. The number of anilines is 2. The number of methoxy groups -OCH3 is 2. The minimum atomic E-state index is -0.289. The molecular formula is C20H21N7O4. The van der Waals surface area contributed by atoms with Gasteiger partial charge in [-0.15, -0.1) is 5.10 Å². The Labute approximate surface area is 178 Å². The van der Waals surface area contributed by atoms with Crippen LogP contribution in [0.15, 0.2) is 48.8 Å². The number of amides is 3. The molecule has 1 aliphatic rings. The zero-order chi connectivity index (χ0) is 21.8. The van der Waals surface area contributed by atoms with E-state index in [1.807, 2.05) is 0 Å². The van der Waals surface area contributed by atoms with Crippen LogP contribution in [0.3, 0.4) is 0 Å². The molecule has 0 saturated carbocycles. The van der Waals surface area contributed by atoms with E-state index in [2.05, 4.69) is 20.8 Å². The molecule has 3 aromatic rings. The number of carbonyl (C=O) groups is 2. The summed E-state index contributed by atoms with van der Waals surface area (Å²) >= 11 is 0. The van der Waals surface area contributed by atoms with Crippen LogP contribution in [0.2, 0.25) is 0 Å². The van der Waals surface area contributed by atoms with Crippen molar-refractivity contribution in [1.29, 1.82) is 0 Å². The Balaban J connectivity index is 1.39. The number of ether oxygens (including phenoxy) is 2. The van der Waals surface area contributed by atoms with Crippen LogP contribution in [0.1, 0.15) is 0 Å². The lowest BCUT2D eigenvalue weighted by Gasteiger charge is -2.21. The fourth-order valence-electron chi connectivity index (χ4n) is 3.31. The number of hydrogen-bond donors (Lipinski definition) is 1. The van der Waals surface area contributed by atoms with Crippen molar-refractivity contribution in [1.82, 2.24) is 25.1 Å². The highest BCUT2D eigenvalue weighted by molar-refractivity contribution is 6.00. The van der Waals surface area contributed by atoms with E-state index in [-0.39, 0.29) is 18.5 Å². The first-order valence-electron chi connectivity index (χ1n) is 9.51. The fourth-order valence-corrected chi connectivity index (χ4v) is 3.31. The van der Waals surface area contributed by atoms with Gasteiger partial charge in [-0.05, 0) is 46.8 Å². The highest BCUT2D eigenvalue weighted by Gasteiger charge is 2.32. The second-order valence-corrected chi connectivity index (χ2v) is 6.74. The van der Waals surface area contributed by atoms with Crippen LogP contribution in [0, 0.1) is 0 Å². The highest BCUT2D eigenvalue weighted by atomic mass is 16.5. The first-order chi connectivity index (χ1) is 15.1. The summed E-state index contributed by atoms with van der Waals surface area (Å²) in [5.41, 5.74) is 1.98. The van der Waals surface area contributed by atoms with E-state index in [0.717, 1.165) is 5.69 Å². The Bertz CT molecular complexity index is 1070. The van der Waals surface area contributed by atoms with Gasteiger partial charge in [0.05, 0.1) is 25.6 Å². The summed E-state index contributed by atoms with van der Waals surface area (Å²) < 4.78 is 12.1. The molecule has 1 aliphatic heterocycles. The van der Waals surface area contributed by atoms with Gasteiger partial charge in [-0.2, -0.15) is 0 Å². The van der Waals surface area contributed by atoms with Crippen molar-refractivity contribution in [3.63, 3.8) is 0 Å². The Morgan fingerprint density at radius 3 is 2.58 bits per heavy atom. The summed E-state index contributed by atoms with van der Waals surface area (Å²) in [7, 11) is 3.10. The molecule has 11 heteroatoms. The Morgan fingerprint density at radius 1 is 1.10 bits per heavy atom. The number of rotatable bonds is 7. The molecule has 0 spiro atoms. The lowest BCUT2D eigenvalue weighted by Crippen LogP contribution is -2.37. The minimum Gasteiger partial charge on any atom is -0.497 e. The minimum absolute atomic E-state index is 0.0592. The van der Waals surface area contributed by atoms with E-state index in [1.54, 1.807) is 61.6 Å². The lowest BCUT2D eigenvalue weighted by atomic mass is 10.2. The van der Waals surface area contributed by atoms with E-state index in [0.29, 0.717) is 36.0 Å². The van der Waals surface area contributed by atoms with E-state index in [1.165, 1.54) is 15.9 Å². The van der Waals surface area contributed by atoms with Crippen molar-refractivity contribution in [2.24, 2.45) is 0 Å². The van der Waals surface area contributed by atoms with Gasteiger partial charge < -0.3 is 19.7 Å². The van der Waals surface area contributed by atoms with Crippen LogP contribution < -0.4 is 19.7 Å². The summed E-state index contributed by atoms with van der Waals surface area (Å²) in [4.78, 5) is 28.4. The third kappa shape index (κ3) is 4.25. The van der Waals surface area contributed by atoms with Crippen molar-refractivity contribution in [2.75, 3.05) is 44.1 Å². The normalized spacial score (nSPS) is 13.4. The number of aromatic nitrogens is 4. The highest BCUT2D eigenvalue weighted by Crippen LogP contribution is 2.34. The van der Waals surface area contributed by atoms with Crippen LogP contribution in [-0.2, 0) is 4.79 Å². The predicted octanol–water partition coefficient (Wildman–Crippen LogP) is 1.56. The molecule has 0 bridgehead atoms. The molecule has 0 radical (unpaired) electrons. The predicted molar refractivity (Wildman–Crippen MR) is 112 cm³/mol. The zero-order valence-electron chi connectivity index (χ0n) is 17.1. The van der Waals surface area contributed by atoms with Gasteiger partial charge in [0.1, 0.15) is 24.4 Å². The Morgan fingerprint density at radius 2 is 1.90 bits per heavy atom. The maximum atomic E-state index is 12.9. The van der Waals surface area contributed by atoms with Crippen LogP contribution in [0.5, 0.6) is 11.5 Å².